The summed E-state index contributed by atoms with van der Waals surface area (Å²) >= 11 is 0. The lowest BCUT2D eigenvalue weighted by molar-refractivity contribution is -0.137. The van der Waals surface area contributed by atoms with Gasteiger partial charge in [-0.2, -0.15) is 0 Å². The van der Waals surface area contributed by atoms with Crippen molar-refractivity contribution in [2.24, 2.45) is 9.98 Å². The first-order valence-corrected chi connectivity index (χ1v) is 26.9. The molecular weight excluding hydrogens is 991 g/mol. The number of Topliss-reactive ketones (excluding diaryl/α,β-unsaturated/α-hetero) is 1. The number of carbonyl (C=O) groups excluding carboxylic acids is 6. The van der Waals surface area contributed by atoms with Gasteiger partial charge in [-0.3, -0.25) is 43.7 Å². The van der Waals surface area contributed by atoms with E-state index in [1.165, 1.54) is 12.2 Å². The smallest absolute Gasteiger partial charge is 0.256 e. The van der Waals surface area contributed by atoms with Crippen LogP contribution in [0.2, 0.25) is 0 Å². The highest BCUT2D eigenvalue weighted by Gasteiger charge is 2.34. The van der Waals surface area contributed by atoms with E-state index in [9.17, 15) is 28.8 Å². The maximum atomic E-state index is 13.5. The Bertz CT molecular complexity index is 2740. The van der Waals surface area contributed by atoms with E-state index >= 15 is 0 Å². The molecule has 0 radical (unpaired) electrons. The van der Waals surface area contributed by atoms with Crippen LogP contribution >= 0.6 is 0 Å². The molecule has 6 heterocycles. The SMILES string of the molecule is COc1cc2c(cc1OCc1cc(COc3cc4c(cc3C)C(=O)N3CCC[C@H]3C=N4)cc(N3CCN(C(=O)CCOCCOCCOCCOCCCC(=O)CCN4C(=O)C=CC4=O)CC3)c1)N=C[C@@H]1CCCN1C2=O. The minimum atomic E-state index is -0.384. The molecule has 0 aromatic heterocycles. The molecule has 0 saturated carbocycles. The number of imide groups is 1. The zero-order chi connectivity index (χ0) is 53.7. The quantitative estimate of drug-likeness (QED) is 0.0676. The second kappa shape index (κ2) is 26.4. The van der Waals surface area contributed by atoms with Gasteiger partial charge in [-0.1, -0.05) is 0 Å². The Kier molecular flexibility index (Phi) is 18.8. The second-order valence-corrected chi connectivity index (χ2v) is 19.8. The third-order valence-corrected chi connectivity index (χ3v) is 14.6. The molecule has 20 nitrogen and oxygen atoms in total. The number of anilines is 1. The van der Waals surface area contributed by atoms with Crippen LogP contribution in [-0.4, -0.2) is 185 Å². The number of piperazine rings is 1. The predicted octanol–water partition coefficient (Wildman–Crippen LogP) is 5.57. The molecule has 6 aliphatic heterocycles. The van der Waals surface area contributed by atoms with Crippen molar-refractivity contribution in [2.45, 2.75) is 83.6 Å². The summed E-state index contributed by atoms with van der Waals surface area (Å²) < 4.78 is 41.2. The number of ketones is 1. The summed E-state index contributed by atoms with van der Waals surface area (Å²) in [5, 5.41) is 0. The number of carbonyl (C=O) groups is 6. The molecule has 3 saturated heterocycles. The van der Waals surface area contributed by atoms with Gasteiger partial charge >= 0.3 is 0 Å². The number of aliphatic imine (C=N–C) groups is 2. The normalized spacial score (nSPS) is 18.6. The molecule has 0 unspecified atom stereocenters. The Morgan fingerprint density at radius 3 is 1.73 bits per heavy atom. The lowest BCUT2D eigenvalue weighted by Gasteiger charge is -2.36. The van der Waals surface area contributed by atoms with Gasteiger partial charge in [0.2, 0.25) is 5.91 Å². The van der Waals surface area contributed by atoms with E-state index in [0.29, 0.717) is 132 Å². The average molecular weight is 1060 g/mol. The Balaban J connectivity index is 0.721. The first-order valence-electron chi connectivity index (χ1n) is 26.9. The minimum absolute atomic E-state index is 0.000474. The van der Waals surface area contributed by atoms with E-state index in [2.05, 4.69) is 17.0 Å². The van der Waals surface area contributed by atoms with Gasteiger partial charge in [0.1, 0.15) is 24.7 Å². The highest BCUT2D eigenvalue weighted by atomic mass is 16.6. The van der Waals surface area contributed by atoms with Gasteiger partial charge in [-0.05, 0) is 86.1 Å². The van der Waals surface area contributed by atoms with E-state index in [-0.39, 0.29) is 86.6 Å². The maximum absolute atomic E-state index is 13.5. The number of nitrogens with zero attached hydrogens (tertiary/aromatic N) is 7. The van der Waals surface area contributed by atoms with E-state index in [1.54, 1.807) is 19.2 Å². The highest BCUT2D eigenvalue weighted by Crippen LogP contribution is 2.39. The number of hydrogen-bond donors (Lipinski definition) is 0. The van der Waals surface area contributed by atoms with Gasteiger partial charge in [0.25, 0.3) is 23.6 Å². The zero-order valence-electron chi connectivity index (χ0n) is 44.1. The summed E-state index contributed by atoms with van der Waals surface area (Å²) in [4.78, 5) is 94.0. The number of hydrogen-bond acceptors (Lipinski definition) is 16. The van der Waals surface area contributed by atoms with Crippen LogP contribution in [0.4, 0.5) is 17.1 Å². The topological polar surface area (TPSA) is 208 Å². The standard InChI is InChI=1S/C57H69N7O13/c1-39-28-46-48(58-35-42-6-3-13-62(42)56(46)69)33-50(39)76-37-40-29-41(38-77-52-34-49-47(32-51(52)71-2)57(70)63-14-4-7-43(63)36-59-49)31-44(30-40)60-16-18-61(19-17-60)53(66)12-21-73-23-25-75-27-26-74-24-22-72-20-5-8-45(65)11-15-64-54(67)9-10-55(64)68/h9-10,28-36,42-43H,3-8,11-27,37-38H2,1-2H3/t42-,43-/m0/s1. The number of ether oxygens (including phenoxy) is 7. The van der Waals surface area contributed by atoms with E-state index in [0.717, 1.165) is 59.5 Å². The first kappa shape index (κ1) is 54.8. The van der Waals surface area contributed by atoms with Crippen molar-refractivity contribution in [1.82, 2.24) is 19.6 Å². The summed E-state index contributed by atoms with van der Waals surface area (Å²) in [6.45, 7) is 9.16. The molecule has 0 spiro atoms. The first-order chi connectivity index (χ1) is 37.5. The van der Waals surface area contributed by atoms with Crippen molar-refractivity contribution in [3.63, 3.8) is 0 Å². The van der Waals surface area contributed by atoms with Crippen LogP contribution in [0.1, 0.15) is 88.8 Å². The molecule has 3 aromatic rings. The number of benzene rings is 3. The Morgan fingerprint density at radius 1 is 0.584 bits per heavy atom. The molecule has 77 heavy (non-hydrogen) atoms. The van der Waals surface area contributed by atoms with Crippen molar-refractivity contribution in [3.05, 3.63) is 82.4 Å². The number of fused-ring (bicyclic) bond motifs is 4. The van der Waals surface area contributed by atoms with Crippen LogP contribution in [0.3, 0.4) is 0 Å². The fourth-order valence-electron chi connectivity index (χ4n) is 10.3. The maximum Gasteiger partial charge on any atom is 0.256 e. The van der Waals surface area contributed by atoms with Gasteiger partial charge in [-0.25, -0.2) is 0 Å². The van der Waals surface area contributed by atoms with Gasteiger partial charge in [0.05, 0.1) is 94.4 Å². The summed E-state index contributed by atoms with van der Waals surface area (Å²) in [7, 11) is 1.56. The van der Waals surface area contributed by atoms with E-state index in [1.807, 2.05) is 52.3 Å². The monoisotopic (exact) mass is 1060 g/mol. The molecule has 410 valence electrons. The molecule has 5 amide bonds. The van der Waals surface area contributed by atoms with Crippen molar-refractivity contribution >= 4 is 64.8 Å². The third kappa shape index (κ3) is 14.0. The lowest BCUT2D eigenvalue weighted by atomic mass is 10.1. The minimum Gasteiger partial charge on any atom is -0.493 e. The van der Waals surface area contributed by atoms with E-state index < -0.39 is 0 Å². The van der Waals surface area contributed by atoms with Crippen molar-refractivity contribution in [1.29, 1.82) is 0 Å². The number of rotatable bonds is 27. The molecule has 0 aliphatic carbocycles. The molecule has 20 heteroatoms. The summed E-state index contributed by atoms with van der Waals surface area (Å²) in [5.41, 5.74) is 5.81. The van der Waals surface area contributed by atoms with Crippen LogP contribution in [0, 0.1) is 6.92 Å². The van der Waals surface area contributed by atoms with Crippen molar-refractivity contribution in [3.8, 4) is 17.2 Å². The van der Waals surface area contributed by atoms with Gasteiger partial charge in [-0.15, -0.1) is 0 Å². The summed E-state index contributed by atoms with van der Waals surface area (Å²) in [6.07, 6.45) is 11.1. The third-order valence-electron chi connectivity index (χ3n) is 14.6. The fraction of sp³-hybridized carbons (Fsp3) is 0.509. The predicted molar refractivity (Wildman–Crippen MR) is 285 cm³/mol. The molecule has 2 atom stereocenters. The van der Waals surface area contributed by atoms with Crippen LogP contribution in [0.15, 0.2) is 64.6 Å². The van der Waals surface area contributed by atoms with Crippen LogP contribution < -0.4 is 19.1 Å². The molecule has 0 bridgehead atoms. The van der Waals surface area contributed by atoms with Crippen molar-refractivity contribution in [2.75, 3.05) is 111 Å². The molecule has 6 aliphatic rings. The molecule has 3 fully saturated rings. The lowest BCUT2D eigenvalue weighted by Crippen LogP contribution is -2.49. The fourth-order valence-corrected chi connectivity index (χ4v) is 10.3. The largest absolute Gasteiger partial charge is 0.493 e. The number of amides is 5. The van der Waals surface area contributed by atoms with Gasteiger partial charge in [0, 0.05) is 108 Å². The van der Waals surface area contributed by atoms with E-state index in [4.69, 9.17) is 43.1 Å². The van der Waals surface area contributed by atoms with Gasteiger partial charge < -0.3 is 52.8 Å². The summed E-state index contributed by atoms with van der Waals surface area (Å²) in [6, 6.07) is 13.5. The Morgan fingerprint density at radius 2 is 1.13 bits per heavy atom. The van der Waals surface area contributed by atoms with Crippen LogP contribution in [0.25, 0.3) is 0 Å². The number of aryl methyl sites for hydroxylation is 1. The molecule has 0 N–H and O–H groups in total. The summed E-state index contributed by atoms with van der Waals surface area (Å²) in [5.74, 6) is 0.727. The molecule has 9 rings (SSSR count). The highest BCUT2D eigenvalue weighted by molar-refractivity contribution is 6.13. The second-order valence-electron chi connectivity index (χ2n) is 19.8. The Hall–Kier alpha value is -7.00. The average Bonchev–Trinajstić information content (AvgIpc) is 4.20. The zero-order valence-corrected chi connectivity index (χ0v) is 44.1. The Labute approximate surface area is 448 Å². The molecule has 3 aromatic carbocycles. The van der Waals surface area contributed by atoms with Gasteiger partial charge in [0.15, 0.2) is 11.5 Å². The molecular formula is C57H69N7O13. The van der Waals surface area contributed by atoms with Crippen LogP contribution in [0.5, 0.6) is 17.2 Å². The van der Waals surface area contributed by atoms with Crippen molar-refractivity contribution < 1.29 is 61.9 Å². The van der Waals surface area contributed by atoms with Crippen LogP contribution in [-0.2, 0) is 51.3 Å². The number of methoxy groups -OCH3 is 1.